The summed E-state index contributed by atoms with van der Waals surface area (Å²) in [5.74, 6) is 0.236. The Labute approximate surface area is 139 Å². The van der Waals surface area contributed by atoms with Crippen molar-refractivity contribution in [2.24, 2.45) is 0 Å². The minimum absolute atomic E-state index is 0.202. The highest BCUT2D eigenvalue weighted by Crippen LogP contribution is 2.33. The Morgan fingerprint density at radius 3 is 2.57 bits per heavy atom. The van der Waals surface area contributed by atoms with E-state index in [-0.39, 0.29) is 11.9 Å². The maximum absolute atomic E-state index is 13.3. The van der Waals surface area contributed by atoms with Crippen LogP contribution in [0.1, 0.15) is 44.7 Å². The fourth-order valence-corrected chi connectivity index (χ4v) is 3.99. The van der Waals surface area contributed by atoms with Gasteiger partial charge in [0.05, 0.1) is 0 Å². The lowest BCUT2D eigenvalue weighted by molar-refractivity contribution is -0.141. The van der Waals surface area contributed by atoms with E-state index in [2.05, 4.69) is 29.0 Å². The normalized spacial score (nSPS) is 27.7. The van der Waals surface area contributed by atoms with Crippen LogP contribution in [-0.4, -0.2) is 59.0 Å². The first-order valence-electron chi connectivity index (χ1n) is 8.85. The molecule has 3 rings (SSSR count). The van der Waals surface area contributed by atoms with Gasteiger partial charge in [-0.3, -0.25) is 14.7 Å². The molecule has 3 heterocycles. The molecule has 3 unspecified atom stereocenters. The van der Waals surface area contributed by atoms with E-state index >= 15 is 0 Å². The predicted molar refractivity (Wildman–Crippen MR) is 91.0 cm³/mol. The van der Waals surface area contributed by atoms with E-state index in [1.54, 1.807) is 6.20 Å². The van der Waals surface area contributed by atoms with Gasteiger partial charge < -0.3 is 10.2 Å². The summed E-state index contributed by atoms with van der Waals surface area (Å²) < 4.78 is 0. The molecule has 5 nitrogen and oxygen atoms in total. The zero-order chi connectivity index (χ0) is 16.2. The van der Waals surface area contributed by atoms with Gasteiger partial charge in [-0.05, 0) is 38.3 Å². The van der Waals surface area contributed by atoms with Crippen LogP contribution < -0.4 is 5.32 Å². The Balaban J connectivity index is 1.91. The molecule has 1 N–H and O–H groups in total. The molecule has 2 aliphatic heterocycles. The molecule has 1 aromatic rings. The minimum Gasteiger partial charge on any atom is -0.338 e. The summed E-state index contributed by atoms with van der Waals surface area (Å²) in [7, 11) is 0. The van der Waals surface area contributed by atoms with E-state index < -0.39 is 0 Å². The number of rotatable bonds is 3. The number of carbonyl (C=O) groups excluding carboxylic acids is 1. The molecule has 2 fully saturated rings. The average Bonchev–Trinajstić information content (AvgIpc) is 2.59. The number of aromatic nitrogens is 1. The standard InChI is InChI=1S/C18H28N4O/c1-14-5-3-6-15(2)22(14)17(16-7-4-8-20-13-16)18(23)21-11-9-19-10-12-21/h4,7-8,13-15,17,19H,3,5-6,9-12H2,1-2H3. The Morgan fingerprint density at radius 1 is 1.26 bits per heavy atom. The van der Waals surface area contributed by atoms with Gasteiger partial charge in [0, 0.05) is 50.7 Å². The number of nitrogens with zero attached hydrogens (tertiary/aromatic N) is 3. The summed E-state index contributed by atoms with van der Waals surface area (Å²) in [4.78, 5) is 22.0. The van der Waals surface area contributed by atoms with Gasteiger partial charge in [-0.1, -0.05) is 12.5 Å². The molecule has 2 saturated heterocycles. The van der Waals surface area contributed by atoms with Crippen molar-refractivity contribution in [2.75, 3.05) is 26.2 Å². The third kappa shape index (κ3) is 3.56. The second-order valence-corrected chi connectivity index (χ2v) is 6.84. The quantitative estimate of drug-likeness (QED) is 0.924. The highest BCUT2D eigenvalue weighted by atomic mass is 16.2. The molecule has 1 amide bonds. The van der Waals surface area contributed by atoms with Crippen molar-refractivity contribution in [1.29, 1.82) is 0 Å². The molecule has 1 aromatic heterocycles. The van der Waals surface area contributed by atoms with Crippen molar-refractivity contribution in [1.82, 2.24) is 20.1 Å². The van der Waals surface area contributed by atoms with Crippen LogP contribution in [0.3, 0.4) is 0 Å². The molecule has 0 bridgehead atoms. The Morgan fingerprint density at radius 2 is 1.96 bits per heavy atom. The topological polar surface area (TPSA) is 48.5 Å². The number of hydrogen-bond donors (Lipinski definition) is 1. The smallest absolute Gasteiger partial charge is 0.244 e. The SMILES string of the molecule is CC1CCCC(C)N1C(C(=O)N1CCNCC1)c1cccnc1. The van der Waals surface area contributed by atoms with Crippen LogP contribution in [-0.2, 0) is 4.79 Å². The van der Waals surface area contributed by atoms with Crippen LogP contribution in [0.15, 0.2) is 24.5 Å². The largest absolute Gasteiger partial charge is 0.338 e. The zero-order valence-corrected chi connectivity index (χ0v) is 14.2. The predicted octanol–water partition coefficient (Wildman–Crippen LogP) is 1.82. The number of hydrogen-bond acceptors (Lipinski definition) is 4. The van der Waals surface area contributed by atoms with Crippen molar-refractivity contribution in [2.45, 2.75) is 51.2 Å². The van der Waals surface area contributed by atoms with Crippen molar-refractivity contribution in [3.8, 4) is 0 Å². The van der Waals surface area contributed by atoms with Gasteiger partial charge in [-0.25, -0.2) is 0 Å². The number of piperazine rings is 1. The van der Waals surface area contributed by atoms with Gasteiger partial charge in [0.1, 0.15) is 6.04 Å². The molecule has 0 saturated carbocycles. The summed E-state index contributed by atoms with van der Waals surface area (Å²) in [5.41, 5.74) is 1.02. The zero-order valence-electron chi connectivity index (χ0n) is 14.2. The number of pyridine rings is 1. The highest BCUT2D eigenvalue weighted by molar-refractivity contribution is 5.83. The molecular formula is C18H28N4O. The minimum atomic E-state index is -0.202. The lowest BCUT2D eigenvalue weighted by Gasteiger charge is -2.45. The first-order chi connectivity index (χ1) is 11.2. The lowest BCUT2D eigenvalue weighted by atomic mass is 9.92. The highest BCUT2D eigenvalue weighted by Gasteiger charge is 2.38. The monoisotopic (exact) mass is 316 g/mol. The van der Waals surface area contributed by atoms with Crippen molar-refractivity contribution < 1.29 is 4.79 Å². The van der Waals surface area contributed by atoms with E-state index in [1.165, 1.54) is 6.42 Å². The van der Waals surface area contributed by atoms with E-state index in [1.807, 2.05) is 23.2 Å². The Hall–Kier alpha value is -1.46. The Kier molecular flexibility index (Phi) is 5.28. The molecule has 23 heavy (non-hydrogen) atoms. The number of piperidine rings is 1. The third-order valence-electron chi connectivity index (χ3n) is 5.22. The van der Waals surface area contributed by atoms with Crippen molar-refractivity contribution in [3.05, 3.63) is 30.1 Å². The molecule has 0 spiro atoms. The number of likely N-dealkylation sites (tertiary alicyclic amines) is 1. The van der Waals surface area contributed by atoms with Crippen LogP contribution in [0.2, 0.25) is 0 Å². The molecule has 126 valence electrons. The van der Waals surface area contributed by atoms with E-state index in [9.17, 15) is 4.79 Å². The summed E-state index contributed by atoms with van der Waals surface area (Å²) >= 11 is 0. The van der Waals surface area contributed by atoms with Crippen LogP contribution >= 0.6 is 0 Å². The maximum Gasteiger partial charge on any atom is 0.244 e. The summed E-state index contributed by atoms with van der Waals surface area (Å²) in [6.07, 6.45) is 7.21. The molecule has 0 aliphatic carbocycles. The van der Waals surface area contributed by atoms with Gasteiger partial charge in [-0.2, -0.15) is 0 Å². The second kappa shape index (κ2) is 7.41. The van der Waals surface area contributed by atoms with Crippen LogP contribution in [0.4, 0.5) is 0 Å². The molecule has 0 radical (unpaired) electrons. The first kappa shape index (κ1) is 16.4. The van der Waals surface area contributed by atoms with E-state index in [4.69, 9.17) is 0 Å². The fraction of sp³-hybridized carbons (Fsp3) is 0.667. The number of nitrogens with one attached hydrogen (secondary N) is 1. The molecular weight excluding hydrogens is 288 g/mol. The van der Waals surface area contributed by atoms with Gasteiger partial charge in [-0.15, -0.1) is 0 Å². The molecule has 3 atom stereocenters. The number of amides is 1. The summed E-state index contributed by atoms with van der Waals surface area (Å²) in [6, 6.07) is 4.64. The van der Waals surface area contributed by atoms with Crippen molar-refractivity contribution >= 4 is 5.91 Å². The van der Waals surface area contributed by atoms with Gasteiger partial charge in [0.15, 0.2) is 0 Å². The van der Waals surface area contributed by atoms with Crippen LogP contribution in [0.25, 0.3) is 0 Å². The van der Waals surface area contributed by atoms with E-state index in [0.29, 0.717) is 12.1 Å². The van der Waals surface area contributed by atoms with Gasteiger partial charge in [0.25, 0.3) is 0 Å². The number of carbonyl (C=O) groups is 1. The second-order valence-electron chi connectivity index (χ2n) is 6.84. The van der Waals surface area contributed by atoms with Gasteiger partial charge >= 0.3 is 0 Å². The fourth-order valence-electron chi connectivity index (χ4n) is 3.99. The average molecular weight is 316 g/mol. The molecule has 2 aliphatic rings. The lowest BCUT2D eigenvalue weighted by Crippen LogP contribution is -2.54. The van der Waals surface area contributed by atoms with Crippen LogP contribution in [0.5, 0.6) is 0 Å². The maximum atomic E-state index is 13.3. The van der Waals surface area contributed by atoms with Crippen molar-refractivity contribution in [3.63, 3.8) is 0 Å². The summed E-state index contributed by atoms with van der Waals surface area (Å²) in [5, 5.41) is 3.33. The summed E-state index contributed by atoms with van der Waals surface area (Å²) in [6.45, 7) is 7.87. The van der Waals surface area contributed by atoms with Gasteiger partial charge in [0.2, 0.25) is 5.91 Å². The molecule has 0 aromatic carbocycles. The third-order valence-corrected chi connectivity index (χ3v) is 5.22. The van der Waals surface area contributed by atoms with Crippen LogP contribution in [0, 0.1) is 0 Å². The Bertz CT molecular complexity index is 505. The first-order valence-corrected chi connectivity index (χ1v) is 8.85. The van der Waals surface area contributed by atoms with E-state index in [0.717, 1.165) is 44.6 Å². The molecule has 5 heteroatoms.